The first kappa shape index (κ1) is 11.4. The molecule has 2 nitrogen and oxygen atoms in total. The van der Waals surface area contributed by atoms with Crippen molar-refractivity contribution < 1.29 is 0 Å². The van der Waals surface area contributed by atoms with Crippen molar-refractivity contribution in [2.24, 2.45) is 11.8 Å². The van der Waals surface area contributed by atoms with Gasteiger partial charge in [-0.3, -0.25) is 4.90 Å². The monoisotopic (exact) mass is 210 g/mol. The molecule has 3 unspecified atom stereocenters. The molecule has 2 rings (SSSR count). The third-order valence-electron chi connectivity index (χ3n) is 4.24. The van der Waals surface area contributed by atoms with Crippen LogP contribution in [0.25, 0.3) is 0 Å². The van der Waals surface area contributed by atoms with Gasteiger partial charge in [0.2, 0.25) is 0 Å². The van der Waals surface area contributed by atoms with E-state index in [0.29, 0.717) is 0 Å². The van der Waals surface area contributed by atoms with E-state index in [1.807, 2.05) is 0 Å². The Kier molecular flexibility index (Phi) is 4.04. The highest BCUT2D eigenvalue weighted by molar-refractivity contribution is 4.83. The SMILES string of the molecule is CCC1CNCCN1CC1CCC(C)C1. The first-order chi connectivity index (χ1) is 7.29. The van der Waals surface area contributed by atoms with Gasteiger partial charge in [-0.2, -0.15) is 0 Å². The standard InChI is InChI=1S/C13H26N2/c1-3-13-9-14-6-7-15(13)10-12-5-4-11(2)8-12/h11-14H,3-10H2,1-2H3. The highest BCUT2D eigenvalue weighted by Gasteiger charge is 2.27. The summed E-state index contributed by atoms with van der Waals surface area (Å²) in [5.41, 5.74) is 0. The zero-order valence-electron chi connectivity index (χ0n) is 10.3. The Balaban J connectivity index is 1.81. The number of nitrogens with one attached hydrogen (secondary N) is 1. The Labute approximate surface area is 94.4 Å². The van der Waals surface area contributed by atoms with E-state index >= 15 is 0 Å². The summed E-state index contributed by atoms with van der Waals surface area (Å²) >= 11 is 0. The van der Waals surface area contributed by atoms with E-state index in [0.717, 1.165) is 17.9 Å². The average molecular weight is 210 g/mol. The fourth-order valence-electron chi connectivity index (χ4n) is 3.27. The molecule has 1 N–H and O–H groups in total. The molecule has 1 aliphatic carbocycles. The first-order valence-electron chi connectivity index (χ1n) is 6.74. The molecule has 88 valence electrons. The third-order valence-corrected chi connectivity index (χ3v) is 4.24. The summed E-state index contributed by atoms with van der Waals surface area (Å²) in [5, 5.41) is 3.51. The van der Waals surface area contributed by atoms with Crippen LogP contribution >= 0.6 is 0 Å². The average Bonchev–Trinajstić information content (AvgIpc) is 2.65. The Morgan fingerprint density at radius 1 is 1.33 bits per heavy atom. The van der Waals surface area contributed by atoms with E-state index in [1.165, 1.54) is 51.9 Å². The van der Waals surface area contributed by atoms with E-state index in [9.17, 15) is 0 Å². The summed E-state index contributed by atoms with van der Waals surface area (Å²) in [6.07, 6.45) is 5.71. The Morgan fingerprint density at radius 3 is 2.87 bits per heavy atom. The van der Waals surface area contributed by atoms with Crippen molar-refractivity contribution in [1.29, 1.82) is 0 Å². The molecule has 0 radical (unpaired) electrons. The van der Waals surface area contributed by atoms with Gasteiger partial charge < -0.3 is 5.32 Å². The summed E-state index contributed by atoms with van der Waals surface area (Å²) in [6.45, 7) is 9.77. The minimum Gasteiger partial charge on any atom is -0.314 e. The number of nitrogens with zero attached hydrogens (tertiary/aromatic N) is 1. The minimum atomic E-state index is 0.801. The minimum absolute atomic E-state index is 0.801. The second-order valence-electron chi connectivity index (χ2n) is 5.55. The normalized spacial score (nSPS) is 38.4. The molecule has 1 heterocycles. The molecular formula is C13H26N2. The molecule has 0 aromatic carbocycles. The molecule has 0 aromatic rings. The molecule has 1 saturated carbocycles. The van der Waals surface area contributed by atoms with Gasteiger partial charge in [0.15, 0.2) is 0 Å². The molecule has 0 aromatic heterocycles. The van der Waals surface area contributed by atoms with Gasteiger partial charge in [-0.1, -0.05) is 20.3 Å². The molecule has 1 aliphatic heterocycles. The first-order valence-corrected chi connectivity index (χ1v) is 6.74. The van der Waals surface area contributed by atoms with Crippen molar-refractivity contribution >= 4 is 0 Å². The number of piperazine rings is 1. The Hall–Kier alpha value is -0.0800. The smallest absolute Gasteiger partial charge is 0.0218 e. The maximum Gasteiger partial charge on any atom is 0.0218 e. The molecule has 0 amide bonds. The van der Waals surface area contributed by atoms with Gasteiger partial charge in [0, 0.05) is 32.2 Å². The van der Waals surface area contributed by atoms with Gasteiger partial charge in [-0.05, 0) is 31.1 Å². The van der Waals surface area contributed by atoms with Crippen LogP contribution in [0.4, 0.5) is 0 Å². The van der Waals surface area contributed by atoms with E-state index < -0.39 is 0 Å². The van der Waals surface area contributed by atoms with Crippen LogP contribution in [0.1, 0.15) is 39.5 Å². The van der Waals surface area contributed by atoms with Crippen LogP contribution < -0.4 is 5.32 Å². The maximum atomic E-state index is 3.51. The van der Waals surface area contributed by atoms with Crippen LogP contribution in [0.2, 0.25) is 0 Å². The lowest BCUT2D eigenvalue weighted by molar-refractivity contribution is 0.133. The lowest BCUT2D eigenvalue weighted by Crippen LogP contribution is -2.52. The molecule has 15 heavy (non-hydrogen) atoms. The Morgan fingerprint density at radius 2 is 2.20 bits per heavy atom. The Bertz CT molecular complexity index is 193. The number of rotatable bonds is 3. The fraction of sp³-hybridized carbons (Fsp3) is 1.00. The zero-order valence-corrected chi connectivity index (χ0v) is 10.3. The van der Waals surface area contributed by atoms with E-state index in [2.05, 4.69) is 24.1 Å². The lowest BCUT2D eigenvalue weighted by atomic mass is 10.0. The van der Waals surface area contributed by atoms with Gasteiger partial charge in [0.25, 0.3) is 0 Å². The van der Waals surface area contributed by atoms with Crippen LogP contribution in [-0.2, 0) is 0 Å². The topological polar surface area (TPSA) is 15.3 Å². The van der Waals surface area contributed by atoms with Crippen molar-refractivity contribution in [3.8, 4) is 0 Å². The van der Waals surface area contributed by atoms with Crippen LogP contribution in [-0.4, -0.2) is 37.1 Å². The third kappa shape index (κ3) is 2.94. The van der Waals surface area contributed by atoms with E-state index in [4.69, 9.17) is 0 Å². The summed E-state index contributed by atoms with van der Waals surface area (Å²) in [5.74, 6) is 1.98. The predicted molar refractivity (Wildman–Crippen MR) is 65.0 cm³/mol. The number of hydrogen-bond donors (Lipinski definition) is 1. The van der Waals surface area contributed by atoms with Crippen molar-refractivity contribution in [2.45, 2.75) is 45.6 Å². The van der Waals surface area contributed by atoms with Gasteiger partial charge in [-0.15, -0.1) is 0 Å². The fourth-order valence-corrected chi connectivity index (χ4v) is 3.27. The van der Waals surface area contributed by atoms with E-state index in [-0.39, 0.29) is 0 Å². The molecular weight excluding hydrogens is 184 g/mol. The second-order valence-corrected chi connectivity index (χ2v) is 5.55. The van der Waals surface area contributed by atoms with Crippen LogP contribution in [0.5, 0.6) is 0 Å². The molecule has 1 saturated heterocycles. The maximum absolute atomic E-state index is 3.51. The van der Waals surface area contributed by atoms with Crippen molar-refractivity contribution in [3.63, 3.8) is 0 Å². The summed E-state index contributed by atoms with van der Waals surface area (Å²) in [7, 11) is 0. The summed E-state index contributed by atoms with van der Waals surface area (Å²) in [4.78, 5) is 2.74. The molecule has 3 atom stereocenters. The molecule has 0 spiro atoms. The van der Waals surface area contributed by atoms with Crippen LogP contribution in [0.15, 0.2) is 0 Å². The molecule has 0 bridgehead atoms. The highest BCUT2D eigenvalue weighted by Crippen LogP contribution is 2.31. The van der Waals surface area contributed by atoms with Crippen molar-refractivity contribution in [2.75, 3.05) is 26.2 Å². The predicted octanol–water partition coefficient (Wildman–Crippen LogP) is 2.11. The largest absolute Gasteiger partial charge is 0.314 e. The number of hydrogen-bond acceptors (Lipinski definition) is 2. The zero-order chi connectivity index (χ0) is 10.7. The van der Waals surface area contributed by atoms with Gasteiger partial charge >= 0.3 is 0 Å². The highest BCUT2D eigenvalue weighted by atomic mass is 15.2. The second kappa shape index (κ2) is 5.31. The van der Waals surface area contributed by atoms with Crippen LogP contribution in [0, 0.1) is 11.8 Å². The quantitative estimate of drug-likeness (QED) is 0.767. The summed E-state index contributed by atoms with van der Waals surface area (Å²) < 4.78 is 0. The summed E-state index contributed by atoms with van der Waals surface area (Å²) in [6, 6.07) is 0.801. The van der Waals surface area contributed by atoms with Gasteiger partial charge in [-0.25, -0.2) is 0 Å². The van der Waals surface area contributed by atoms with E-state index in [1.54, 1.807) is 0 Å². The lowest BCUT2D eigenvalue weighted by Gasteiger charge is -2.37. The van der Waals surface area contributed by atoms with Gasteiger partial charge in [0.1, 0.15) is 0 Å². The molecule has 2 aliphatic rings. The van der Waals surface area contributed by atoms with Crippen LogP contribution in [0.3, 0.4) is 0 Å². The van der Waals surface area contributed by atoms with Crippen molar-refractivity contribution in [1.82, 2.24) is 10.2 Å². The van der Waals surface area contributed by atoms with Gasteiger partial charge in [0.05, 0.1) is 0 Å². The molecule has 2 heteroatoms. The molecule has 2 fully saturated rings. The van der Waals surface area contributed by atoms with Crippen molar-refractivity contribution in [3.05, 3.63) is 0 Å².